The van der Waals surface area contributed by atoms with Crippen LogP contribution in [0.2, 0.25) is 5.02 Å². The highest BCUT2D eigenvalue weighted by molar-refractivity contribution is 6.32. The number of halogens is 1. The van der Waals surface area contributed by atoms with Gasteiger partial charge in [0.1, 0.15) is 22.7 Å². The molecule has 1 aliphatic carbocycles. The summed E-state index contributed by atoms with van der Waals surface area (Å²) in [6.07, 6.45) is 3.82. The van der Waals surface area contributed by atoms with Gasteiger partial charge in [-0.3, -0.25) is 4.79 Å². The lowest BCUT2D eigenvalue weighted by Crippen LogP contribution is -2.28. The average molecular weight is 503 g/mol. The highest BCUT2D eigenvalue weighted by Gasteiger charge is 2.35. The minimum absolute atomic E-state index is 0.0514. The third kappa shape index (κ3) is 5.21. The maximum Gasteiger partial charge on any atom is 0.186 e. The van der Waals surface area contributed by atoms with Crippen molar-refractivity contribution in [1.29, 1.82) is 0 Å². The fourth-order valence-corrected chi connectivity index (χ4v) is 4.20. The molecule has 0 amide bonds. The van der Waals surface area contributed by atoms with E-state index in [-0.39, 0.29) is 16.6 Å². The van der Waals surface area contributed by atoms with Crippen LogP contribution in [0.3, 0.4) is 0 Å². The molecule has 186 valence electrons. The van der Waals surface area contributed by atoms with Crippen molar-refractivity contribution in [2.75, 3.05) is 7.11 Å². The van der Waals surface area contributed by atoms with E-state index in [0.717, 1.165) is 16.7 Å². The second-order valence-corrected chi connectivity index (χ2v) is 11.3. The van der Waals surface area contributed by atoms with Crippen LogP contribution in [0.25, 0.3) is 16.7 Å². The molecule has 1 aromatic heterocycles. The van der Waals surface area contributed by atoms with Crippen molar-refractivity contribution in [3.8, 4) is 5.75 Å². The molecule has 0 saturated heterocycles. The van der Waals surface area contributed by atoms with Gasteiger partial charge in [0.2, 0.25) is 0 Å². The Morgan fingerprint density at radius 3 is 2.14 bits per heavy atom. The topological polar surface area (TPSA) is 64.2 Å². The van der Waals surface area contributed by atoms with Gasteiger partial charge in [-0.15, -0.1) is 10.2 Å². The molecule has 0 fully saturated rings. The van der Waals surface area contributed by atoms with E-state index in [4.69, 9.17) is 20.8 Å². The summed E-state index contributed by atoms with van der Waals surface area (Å²) in [5, 5.41) is 10.5. The minimum atomic E-state index is -0.362. The number of benzene rings is 2. The molecule has 0 saturated carbocycles. The number of azo groups is 1. The van der Waals surface area contributed by atoms with Gasteiger partial charge in [-0.05, 0) is 59.4 Å². The van der Waals surface area contributed by atoms with Crippen molar-refractivity contribution < 1.29 is 13.9 Å². The lowest BCUT2D eigenvalue weighted by Gasteiger charge is -2.31. The Bertz CT molecular complexity index is 1420. The molecule has 0 spiro atoms. The molecule has 36 heavy (non-hydrogen) atoms. The van der Waals surface area contributed by atoms with Crippen LogP contribution < -0.4 is 4.74 Å². The van der Waals surface area contributed by atoms with E-state index in [9.17, 15) is 4.79 Å². The first-order chi connectivity index (χ1) is 16.9. The largest absolute Gasteiger partial charge is 0.497 e. The van der Waals surface area contributed by atoms with Crippen LogP contribution in [0.5, 0.6) is 5.75 Å². The molecule has 1 heterocycles. The highest BCUT2D eigenvalue weighted by atomic mass is 35.5. The standard InChI is InChI=1S/C30H31ClN2O3/c1-29(2,3)21-15-19(16-22(28(21)34)30(4,5)6)27(33-32-24-11-9-8-10-23(24)31)26-17-18-14-20(35-7)12-13-25(18)36-26/h8-17H,1-7H3. The smallest absolute Gasteiger partial charge is 0.186 e. The molecule has 2 aromatic carbocycles. The van der Waals surface area contributed by atoms with Crippen LogP contribution in [-0.2, 0) is 4.79 Å². The van der Waals surface area contributed by atoms with Gasteiger partial charge in [0.05, 0.1) is 12.1 Å². The number of carbonyl (C=O) groups excluding carboxylic acids is 1. The number of rotatable bonds is 4. The summed E-state index contributed by atoms with van der Waals surface area (Å²) in [7, 11) is 1.63. The number of fused-ring (bicyclic) bond motifs is 1. The molecule has 0 unspecified atom stereocenters. The third-order valence-electron chi connectivity index (χ3n) is 6.05. The Labute approximate surface area is 217 Å². The van der Waals surface area contributed by atoms with E-state index >= 15 is 0 Å². The van der Waals surface area contributed by atoms with Gasteiger partial charge >= 0.3 is 0 Å². The number of ketones is 1. The highest BCUT2D eigenvalue weighted by Crippen LogP contribution is 2.42. The van der Waals surface area contributed by atoms with Gasteiger partial charge < -0.3 is 9.15 Å². The lowest BCUT2D eigenvalue weighted by atomic mass is 9.71. The second-order valence-electron chi connectivity index (χ2n) is 10.9. The number of methoxy groups -OCH3 is 1. The van der Waals surface area contributed by atoms with E-state index in [1.807, 2.05) is 90.1 Å². The number of carbonyl (C=O) groups is 1. The fraction of sp³-hybridized carbons (Fsp3) is 0.300. The zero-order valence-electron chi connectivity index (χ0n) is 21.8. The summed E-state index contributed by atoms with van der Waals surface area (Å²) < 4.78 is 11.6. The van der Waals surface area contributed by atoms with Gasteiger partial charge in [0, 0.05) is 22.1 Å². The van der Waals surface area contributed by atoms with Crippen molar-refractivity contribution in [3.05, 3.63) is 88.2 Å². The quantitative estimate of drug-likeness (QED) is 0.334. The van der Waals surface area contributed by atoms with E-state index in [1.54, 1.807) is 19.2 Å². The predicted molar refractivity (Wildman–Crippen MR) is 146 cm³/mol. The summed E-state index contributed by atoms with van der Waals surface area (Å²) in [5.74, 6) is 1.32. The molecule has 0 aliphatic heterocycles. The predicted octanol–water partition coefficient (Wildman–Crippen LogP) is 9.12. The average Bonchev–Trinajstić information content (AvgIpc) is 3.22. The van der Waals surface area contributed by atoms with E-state index in [1.165, 1.54) is 0 Å². The Hall–Kier alpha value is -3.44. The van der Waals surface area contributed by atoms with Crippen LogP contribution in [-0.4, -0.2) is 12.9 Å². The number of Topliss-reactive ketones (excluding diaryl/α,β-unsaturated/α-hetero) is 1. The van der Waals surface area contributed by atoms with E-state index < -0.39 is 0 Å². The Balaban J connectivity index is 2.01. The summed E-state index contributed by atoms with van der Waals surface area (Å²) in [4.78, 5) is 13.5. The summed E-state index contributed by atoms with van der Waals surface area (Å²) >= 11 is 6.35. The van der Waals surface area contributed by atoms with Crippen LogP contribution >= 0.6 is 11.6 Å². The zero-order chi connectivity index (χ0) is 26.3. The molecule has 3 aromatic rings. The monoisotopic (exact) mass is 502 g/mol. The first-order valence-electron chi connectivity index (χ1n) is 11.9. The number of allylic oxidation sites excluding steroid dienone is 5. The number of ether oxygens (including phenoxy) is 1. The number of hydrogen-bond acceptors (Lipinski definition) is 5. The van der Waals surface area contributed by atoms with Crippen LogP contribution in [0.15, 0.2) is 92.0 Å². The molecule has 0 radical (unpaired) electrons. The van der Waals surface area contributed by atoms with E-state index in [0.29, 0.717) is 38.9 Å². The SMILES string of the molecule is COc1ccc2oc(C(N=Nc3ccccc3Cl)=C3C=C(C(C)(C)C)C(=O)C(C(C)(C)C)=C3)cc2c1. The Kier molecular flexibility index (Phi) is 6.80. The van der Waals surface area contributed by atoms with Crippen molar-refractivity contribution in [2.24, 2.45) is 21.1 Å². The Morgan fingerprint density at radius 2 is 1.56 bits per heavy atom. The second kappa shape index (κ2) is 9.55. The first-order valence-corrected chi connectivity index (χ1v) is 12.2. The van der Waals surface area contributed by atoms with Gasteiger partial charge in [-0.1, -0.05) is 65.3 Å². The van der Waals surface area contributed by atoms with E-state index in [2.05, 4.69) is 10.2 Å². The molecule has 0 atom stereocenters. The van der Waals surface area contributed by atoms with Crippen molar-refractivity contribution in [2.45, 2.75) is 41.5 Å². The van der Waals surface area contributed by atoms with Crippen molar-refractivity contribution in [3.63, 3.8) is 0 Å². The number of nitrogens with zero attached hydrogens (tertiary/aromatic N) is 2. The molecule has 6 heteroatoms. The van der Waals surface area contributed by atoms with Crippen molar-refractivity contribution >= 4 is 39.7 Å². The fourth-order valence-electron chi connectivity index (χ4n) is 4.03. The van der Waals surface area contributed by atoms with Crippen LogP contribution in [0, 0.1) is 10.8 Å². The minimum Gasteiger partial charge on any atom is -0.497 e. The molecular weight excluding hydrogens is 472 g/mol. The Morgan fingerprint density at radius 1 is 0.917 bits per heavy atom. The van der Waals surface area contributed by atoms with Gasteiger partial charge in [0.25, 0.3) is 0 Å². The van der Waals surface area contributed by atoms with Gasteiger partial charge in [-0.2, -0.15) is 0 Å². The summed E-state index contributed by atoms with van der Waals surface area (Å²) in [6, 6.07) is 14.8. The van der Waals surface area contributed by atoms with Gasteiger partial charge in [-0.25, -0.2) is 0 Å². The van der Waals surface area contributed by atoms with Gasteiger partial charge in [0.15, 0.2) is 11.5 Å². The molecular formula is C30H31ClN2O3. The number of hydrogen-bond donors (Lipinski definition) is 0. The first kappa shape index (κ1) is 25.6. The molecule has 1 aliphatic rings. The van der Waals surface area contributed by atoms with Crippen LogP contribution in [0.1, 0.15) is 47.3 Å². The van der Waals surface area contributed by atoms with Crippen LogP contribution in [0.4, 0.5) is 5.69 Å². The summed E-state index contributed by atoms with van der Waals surface area (Å²) in [6.45, 7) is 12.2. The normalized spacial score (nSPS) is 14.9. The maximum absolute atomic E-state index is 13.5. The lowest BCUT2D eigenvalue weighted by molar-refractivity contribution is -0.114. The maximum atomic E-state index is 13.5. The molecule has 4 rings (SSSR count). The van der Waals surface area contributed by atoms with Crippen molar-refractivity contribution in [1.82, 2.24) is 0 Å². The molecule has 0 N–H and O–H groups in total. The third-order valence-corrected chi connectivity index (χ3v) is 6.37. The zero-order valence-corrected chi connectivity index (χ0v) is 22.5. The molecule has 0 bridgehead atoms. The summed E-state index contributed by atoms with van der Waals surface area (Å²) in [5.41, 5.74) is 3.22. The molecule has 5 nitrogen and oxygen atoms in total. The number of furan rings is 1.